The lowest BCUT2D eigenvalue weighted by Gasteiger charge is -2.56. The first-order valence-corrected chi connectivity index (χ1v) is 8.19. The maximum absolute atomic E-state index is 13.3. The molecule has 1 nitrogen and oxygen atoms in total. The molecule has 2 N–H and O–H groups in total. The fourth-order valence-corrected chi connectivity index (χ4v) is 5.74. The highest BCUT2D eigenvalue weighted by molar-refractivity contribution is 5.18. The summed E-state index contributed by atoms with van der Waals surface area (Å²) in [7, 11) is 0. The van der Waals surface area contributed by atoms with Gasteiger partial charge in [0, 0.05) is 6.04 Å². The van der Waals surface area contributed by atoms with Crippen molar-refractivity contribution in [3.05, 3.63) is 35.6 Å². The molecule has 5 rings (SSSR count). The Morgan fingerprint density at radius 2 is 1.70 bits per heavy atom. The maximum atomic E-state index is 13.3. The standard InChI is InChI=1S/C18H24FN/c19-16-3-1-2-11(9-16)10-17(20)18-14-5-12-4-13(7-14)8-15(18)6-12/h1-3,9,12-15,17-18H,4-8,10,20H2. The Kier molecular flexibility index (Phi) is 3.10. The summed E-state index contributed by atoms with van der Waals surface area (Å²) in [6, 6.07) is 7.19. The molecule has 4 aliphatic carbocycles. The van der Waals surface area contributed by atoms with Crippen LogP contribution in [0, 0.1) is 35.4 Å². The van der Waals surface area contributed by atoms with Crippen molar-refractivity contribution in [1.82, 2.24) is 0 Å². The zero-order valence-electron chi connectivity index (χ0n) is 12.0. The largest absolute Gasteiger partial charge is 0.327 e. The monoisotopic (exact) mass is 273 g/mol. The molecular weight excluding hydrogens is 249 g/mol. The van der Waals surface area contributed by atoms with Crippen LogP contribution in [0.15, 0.2) is 24.3 Å². The van der Waals surface area contributed by atoms with Gasteiger partial charge in [-0.15, -0.1) is 0 Å². The van der Waals surface area contributed by atoms with Crippen molar-refractivity contribution in [3.63, 3.8) is 0 Å². The normalized spacial score (nSPS) is 40.0. The zero-order chi connectivity index (χ0) is 13.7. The smallest absolute Gasteiger partial charge is 0.123 e. The Bertz CT molecular complexity index is 470. The fraction of sp³-hybridized carbons (Fsp3) is 0.667. The van der Waals surface area contributed by atoms with Gasteiger partial charge in [0.1, 0.15) is 5.82 Å². The summed E-state index contributed by atoms with van der Waals surface area (Å²) in [5.41, 5.74) is 7.62. The number of halogens is 1. The summed E-state index contributed by atoms with van der Waals surface area (Å²) >= 11 is 0. The van der Waals surface area contributed by atoms with Crippen molar-refractivity contribution < 1.29 is 4.39 Å². The molecule has 0 aliphatic heterocycles. The minimum absolute atomic E-state index is 0.139. The number of rotatable bonds is 3. The van der Waals surface area contributed by atoms with Gasteiger partial charge in [-0.2, -0.15) is 0 Å². The lowest BCUT2D eigenvalue weighted by Crippen LogP contribution is -2.52. The predicted molar refractivity (Wildman–Crippen MR) is 78.6 cm³/mol. The Morgan fingerprint density at radius 1 is 1.05 bits per heavy atom. The molecule has 4 saturated carbocycles. The van der Waals surface area contributed by atoms with Crippen LogP contribution >= 0.6 is 0 Å². The second-order valence-electron chi connectivity index (χ2n) is 7.51. The van der Waals surface area contributed by atoms with Crippen LogP contribution in [0.2, 0.25) is 0 Å². The molecule has 0 spiro atoms. The van der Waals surface area contributed by atoms with Crippen LogP contribution in [-0.2, 0) is 6.42 Å². The van der Waals surface area contributed by atoms with Crippen molar-refractivity contribution in [2.24, 2.45) is 35.3 Å². The minimum Gasteiger partial charge on any atom is -0.327 e. The van der Waals surface area contributed by atoms with Crippen LogP contribution in [0.5, 0.6) is 0 Å². The number of hydrogen-bond acceptors (Lipinski definition) is 1. The van der Waals surface area contributed by atoms with Gasteiger partial charge in [0.05, 0.1) is 0 Å². The van der Waals surface area contributed by atoms with Gasteiger partial charge in [-0.25, -0.2) is 4.39 Å². The first kappa shape index (κ1) is 12.8. The molecule has 4 bridgehead atoms. The molecule has 0 radical (unpaired) electrons. The minimum atomic E-state index is -0.139. The summed E-state index contributed by atoms with van der Waals surface area (Å²) in [6.07, 6.45) is 7.97. The second kappa shape index (κ2) is 4.84. The quantitative estimate of drug-likeness (QED) is 0.891. The highest BCUT2D eigenvalue weighted by Crippen LogP contribution is 2.57. The van der Waals surface area contributed by atoms with E-state index in [9.17, 15) is 4.39 Å². The van der Waals surface area contributed by atoms with Crippen LogP contribution < -0.4 is 5.73 Å². The summed E-state index contributed by atoms with van der Waals surface area (Å²) in [4.78, 5) is 0. The summed E-state index contributed by atoms with van der Waals surface area (Å²) in [6.45, 7) is 0. The number of benzene rings is 1. The predicted octanol–water partition coefficient (Wildman–Crippen LogP) is 3.77. The third-order valence-corrected chi connectivity index (χ3v) is 6.15. The van der Waals surface area contributed by atoms with E-state index in [1.165, 1.54) is 38.2 Å². The van der Waals surface area contributed by atoms with Crippen LogP contribution in [0.25, 0.3) is 0 Å². The fourth-order valence-electron chi connectivity index (χ4n) is 5.74. The third-order valence-electron chi connectivity index (χ3n) is 6.15. The topological polar surface area (TPSA) is 26.0 Å². The molecule has 1 aromatic rings. The van der Waals surface area contributed by atoms with E-state index in [2.05, 4.69) is 0 Å². The van der Waals surface area contributed by atoms with E-state index in [-0.39, 0.29) is 11.9 Å². The van der Waals surface area contributed by atoms with E-state index in [1.54, 1.807) is 12.1 Å². The molecule has 0 amide bonds. The van der Waals surface area contributed by atoms with Crippen molar-refractivity contribution in [2.75, 3.05) is 0 Å². The van der Waals surface area contributed by atoms with Crippen LogP contribution in [0.4, 0.5) is 4.39 Å². The average Bonchev–Trinajstić information content (AvgIpc) is 2.37. The van der Waals surface area contributed by atoms with E-state index < -0.39 is 0 Å². The van der Waals surface area contributed by atoms with Crippen LogP contribution in [-0.4, -0.2) is 6.04 Å². The van der Waals surface area contributed by atoms with Gasteiger partial charge in [0.2, 0.25) is 0 Å². The van der Waals surface area contributed by atoms with Gasteiger partial charge in [-0.3, -0.25) is 0 Å². The molecule has 1 atom stereocenters. The Labute approximate surface area is 120 Å². The van der Waals surface area contributed by atoms with Crippen molar-refractivity contribution in [3.8, 4) is 0 Å². The zero-order valence-corrected chi connectivity index (χ0v) is 12.0. The second-order valence-corrected chi connectivity index (χ2v) is 7.51. The Hall–Kier alpha value is -0.890. The van der Waals surface area contributed by atoms with Crippen LogP contribution in [0.1, 0.15) is 37.7 Å². The van der Waals surface area contributed by atoms with E-state index in [1.807, 2.05) is 6.07 Å². The molecule has 1 unspecified atom stereocenters. The summed E-state index contributed by atoms with van der Waals surface area (Å²) in [5.74, 6) is 4.25. The van der Waals surface area contributed by atoms with Gasteiger partial charge >= 0.3 is 0 Å². The van der Waals surface area contributed by atoms with Gasteiger partial charge in [-0.05, 0) is 85.8 Å². The molecule has 0 aromatic heterocycles. The third kappa shape index (κ3) is 2.18. The first-order chi connectivity index (χ1) is 9.69. The molecule has 1 aromatic carbocycles. The first-order valence-electron chi connectivity index (χ1n) is 8.19. The van der Waals surface area contributed by atoms with E-state index in [4.69, 9.17) is 5.73 Å². The molecule has 2 heteroatoms. The Morgan fingerprint density at radius 3 is 2.30 bits per heavy atom. The lowest BCUT2D eigenvalue weighted by molar-refractivity contribution is -0.0464. The van der Waals surface area contributed by atoms with Gasteiger partial charge in [-0.1, -0.05) is 12.1 Å². The number of hydrogen-bond donors (Lipinski definition) is 1. The van der Waals surface area contributed by atoms with E-state index in [0.717, 1.165) is 35.7 Å². The summed E-state index contributed by atoms with van der Waals surface area (Å²) in [5, 5.41) is 0. The van der Waals surface area contributed by atoms with Gasteiger partial charge in [0.25, 0.3) is 0 Å². The molecule has 0 saturated heterocycles. The highest BCUT2D eigenvalue weighted by atomic mass is 19.1. The lowest BCUT2D eigenvalue weighted by atomic mass is 9.50. The number of nitrogens with two attached hydrogens (primary N) is 1. The van der Waals surface area contributed by atoms with E-state index >= 15 is 0 Å². The SMILES string of the molecule is NC(Cc1cccc(F)c1)C1C2CC3CC(C2)CC1C3. The Balaban J connectivity index is 1.50. The molecular formula is C18H24FN. The van der Waals surface area contributed by atoms with Gasteiger partial charge < -0.3 is 5.73 Å². The molecule has 4 fully saturated rings. The average molecular weight is 273 g/mol. The summed E-state index contributed by atoms with van der Waals surface area (Å²) < 4.78 is 13.3. The molecule has 108 valence electrons. The van der Waals surface area contributed by atoms with E-state index in [0.29, 0.717) is 5.92 Å². The molecule has 0 heterocycles. The van der Waals surface area contributed by atoms with Crippen LogP contribution in [0.3, 0.4) is 0 Å². The van der Waals surface area contributed by atoms with Crippen molar-refractivity contribution in [2.45, 2.75) is 44.6 Å². The highest BCUT2D eigenvalue weighted by Gasteiger charge is 2.49. The maximum Gasteiger partial charge on any atom is 0.123 e. The molecule has 4 aliphatic rings. The van der Waals surface area contributed by atoms with Crippen molar-refractivity contribution in [1.29, 1.82) is 0 Å². The molecule has 20 heavy (non-hydrogen) atoms. The van der Waals surface area contributed by atoms with Crippen molar-refractivity contribution >= 4 is 0 Å². The van der Waals surface area contributed by atoms with Gasteiger partial charge in [0.15, 0.2) is 0 Å².